The van der Waals surface area contributed by atoms with Gasteiger partial charge in [-0.2, -0.15) is 0 Å². The zero-order valence-corrected chi connectivity index (χ0v) is 7.91. The summed E-state index contributed by atoms with van der Waals surface area (Å²) in [5.74, 6) is 0. The van der Waals surface area contributed by atoms with E-state index in [-0.39, 0.29) is 6.29 Å². The van der Waals surface area contributed by atoms with Gasteiger partial charge in [-0.3, -0.25) is 0 Å². The van der Waals surface area contributed by atoms with Crippen LogP contribution in [0.5, 0.6) is 0 Å². The zero-order valence-electron chi connectivity index (χ0n) is 7.91. The number of hydrogen-bond acceptors (Lipinski definition) is 3. The van der Waals surface area contributed by atoms with E-state index in [2.05, 4.69) is 13.8 Å². The second kappa shape index (κ2) is 5.51. The lowest BCUT2D eigenvalue weighted by atomic mass is 10.1. The molecule has 0 amide bonds. The lowest BCUT2D eigenvalue weighted by molar-refractivity contribution is -0.283. The van der Waals surface area contributed by atoms with Gasteiger partial charge in [0.2, 0.25) is 0 Å². The van der Waals surface area contributed by atoms with Gasteiger partial charge in [-0.05, 0) is 12.8 Å². The van der Waals surface area contributed by atoms with Crippen LogP contribution in [0.25, 0.3) is 0 Å². The maximum Gasteiger partial charge on any atom is 0.163 e. The van der Waals surface area contributed by atoms with Crippen molar-refractivity contribution in [2.45, 2.75) is 45.5 Å². The van der Waals surface area contributed by atoms with E-state index in [0.29, 0.717) is 12.9 Å². The molecule has 0 aromatic heterocycles. The van der Waals surface area contributed by atoms with Crippen LogP contribution in [0, 0.1) is 0 Å². The third-order valence-corrected chi connectivity index (χ3v) is 1.94. The summed E-state index contributed by atoms with van der Waals surface area (Å²) in [6.45, 7) is 5.33. The van der Waals surface area contributed by atoms with Gasteiger partial charge >= 0.3 is 0 Å². The van der Waals surface area contributed by atoms with Crippen LogP contribution in [0.2, 0.25) is 0 Å². The Morgan fingerprint density at radius 2 is 2.17 bits per heavy atom. The molecule has 2 unspecified atom stereocenters. The lowest BCUT2D eigenvalue weighted by Gasteiger charge is -2.34. The highest BCUT2D eigenvalue weighted by molar-refractivity contribution is 4.68. The van der Waals surface area contributed by atoms with E-state index in [1.807, 2.05) is 0 Å². The molecule has 0 saturated carbocycles. The monoisotopic (exact) mass is 174 g/mol. The van der Waals surface area contributed by atoms with Crippen molar-refractivity contribution >= 4 is 0 Å². The van der Waals surface area contributed by atoms with Crippen molar-refractivity contribution in [2.75, 3.05) is 13.4 Å². The Morgan fingerprint density at radius 3 is 2.75 bits per heavy atom. The van der Waals surface area contributed by atoms with E-state index in [1.165, 1.54) is 0 Å². The fraction of sp³-hybridized carbons (Fsp3) is 1.00. The summed E-state index contributed by atoms with van der Waals surface area (Å²) < 4.78 is 15.8. The molecule has 0 bridgehead atoms. The van der Waals surface area contributed by atoms with Gasteiger partial charge in [0.1, 0.15) is 6.79 Å². The van der Waals surface area contributed by atoms with Gasteiger partial charge in [0, 0.05) is 13.0 Å². The van der Waals surface area contributed by atoms with Crippen LogP contribution < -0.4 is 0 Å². The molecule has 72 valence electrons. The van der Waals surface area contributed by atoms with Crippen LogP contribution in [0.3, 0.4) is 0 Å². The van der Waals surface area contributed by atoms with Gasteiger partial charge in [-0.15, -0.1) is 0 Å². The third kappa shape index (κ3) is 3.09. The molecule has 0 radical (unpaired) electrons. The van der Waals surface area contributed by atoms with Gasteiger partial charge in [0.25, 0.3) is 0 Å². The molecule has 12 heavy (non-hydrogen) atoms. The Bertz CT molecular complexity index is 110. The average Bonchev–Trinajstić information content (AvgIpc) is 2.01. The summed E-state index contributed by atoms with van der Waals surface area (Å²) >= 11 is 0. The van der Waals surface area contributed by atoms with Crippen molar-refractivity contribution in [1.82, 2.24) is 0 Å². The molecule has 1 heterocycles. The van der Waals surface area contributed by atoms with Gasteiger partial charge in [0.05, 0.1) is 6.10 Å². The summed E-state index contributed by atoms with van der Waals surface area (Å²) in [6.07, 6.45) is 3.54. The maximum absolute atomic E-state index is 5.37. The highest BCUT2D eigenvalue weighted by Gasteiger charge is 2.28. The number of ether oxygens (including phenoxy) is 3. The van der Waals surface area contributed by atoms with Crippen LogP contribution in [-0.2, 0) is 14.2 Å². The fourth-order valence-corrected chi connectivity index (χ4v) is 1.12. The molecule has 1 aliphatic heterocycles. The number of rotatable bonds is 6. The molecule has 3 nitrogen and oxygen atoms in total. The summed E-state index contributed by atoms with van der Waals surface area (Å²) in [5.41, 5.74) is 0. The van der Waals surface area contributed by atoms with Crippen molar-refractivity contribution in [1.29, 1.82) is 0 Å². The summed E-state index contributed by atoms with van der Waals surface area (Å²) in [5, 5.41) is 0. The Balaban J connectivity index is 1.83. The second-order valence-electron chi connectivity index (χ2n) is 3.02. The number of hydrogen-bond donors (Lipinski definition) is 0. The topological polar surface area (TPSA) is 27.7 Å². The Hall–Kier alpha value is -0.120. The van der Waals surface area contributed by atoms with Gasteiger partial charge < -0.3 is 14.2 Å². The van der Waals surface area contributed by atoms with Crippen LogP contribution >= 0.6 is 0 Å². The Kier molecular flexibility index (Phi) is 4.58. The first-order chi connectivity index (χ1) is 5.86. The first kappa shape index (κ1) is 9.96. The molecular weight excluding hydrogens is 156 g/mol. The minimum atomic E-state index is -0.00759. The van der Waals surface area contributed by atoms with Crippen LogP contribution in [-0.4, -0.2) is 25.8 Å². The van der Waals surface area contributed by atoms with Gasteiger partial charge in [-0.1, -0.05) is 13.8 Å². The van der Waals surface area contributed by atoms with E-state index in [4.69, 9.17) is 14.2 Å². The van der Waals surface area contributed by atoms with Crippen molar-refractivity contribution in [2.24, 2.45) is 0 Å². The fourth-order valence-electron chi connectivity index (χ4n) is 1.12. The first-order valence-electron chi connectivity index (χ1n) is 4.71. The standard InChI is InChI=1S/C9H18O3/c1-3-5-10-7-11-9-6-8(4-2)12-9/h8-9H,3-7H2,1-2H3. The highest BCUT2D eigenvalue weighted by atomic mass is 16.8. The van der Waals surface area contributed by atoms with Crippen LogP contribution in [0.1, 0.15) is 33.1 Å². The molecule has 0 aromatic rings. The molecule has 0 spiro atoms. The lowest BCUT2D eigenvalue weighted by Crippen LogP contribution is -2.39. The maximum atomic E-state index is 5.37. The molecule has 1 aliphatic rings. The van der Waals surface area contributed by atoms with Crippen molar-refractivity contribution in [3.8, 4) is 0 Å². The van der Waals surface area contributed by atoms with Gasteiger partial charge in [-0.25, -0.2) is 0 Å². The third-order valence-electron chi connectivity index (χ3n) is 1.94. The van der Waals surface area contributed by atoms with E-state index in [0.717, 1.165) is 25.9 Å². The summed E-state index contributed by atoms with van der Waals surface area (Å²) in [4.78, 5) is 0. The SMILES string of the molecule is CCCOCOC1CC(CC)O1. The van der Waals surface area contributed by atoms with Crippen molar-refractivity contribution in [3.05, 3.63) is 0 Å². The minimum Gasteiger partial charge on any atom is -0.355 e. The second-order valence-corrected chi connectivity index (χ2v) is 3.02. The van der Waals surface area contributed by atoms with Crippen LogP contribution in [0.4, 0.5) is 0 Å². The molecule has 1 fully saturated rings. The van der Waals surface area contributed by atoms with E-state index < -0.39 is 0 Å². The van der Waals surface area contributed by atoms with E-state index >= 15 is 0 Å². The summed E-state index contributed by atoms with van der Waals surface area (Å²) in [7, 11) is 0. The molecule has 0 aliphatic carbocycles. The predicted octanol–water partition coefficient (Wildman–Crippen LogP) is 1.91. The zero-order chi connectivity index (χ0) is 8.81. The molecule has 1 saturated heterocycles. The smallest absolute Gasteiger partial charge is 0.163 e. The Labute approximate surface area is 74.0 Å². The van der Waals surface area contributed by atoms with Crippen molar-refractivity contribution < 1.29 is 14.2 Å². The van der Waals surface area contributed by atoms with E-state index in [9.17, 15) is 0 Å². The van der Waals surface area contributed by atoms with E-state index in [1.54, 1.807) is 0 Å². The molecule has 0 N–H and O–H groups in total. The first-order valence-corrected chi connectivity index (χ1v) is 4.71. The van der Waals surface area contributed by atoms with Gasteiger partial charge in [0.15, 0.2) is 6.29 Å². The van der Waals surface area contributed by atoms with Crippen LogP contribution in [0.15, 0.2) is 0 Å². The molecule has 0 aromatic carbocycles. The minimum absolute atomic E-state index is 0.00759. The molecule has 2 atom stereocenters. The Morgan fingerprint density at radius 1 is 1.42 bits per heavy atom. The molecule has 3 heteroatoms. The predicted molar refractivity (Wildman–Crippen MR) is 45.8 cm³/mol. The molecule has 1 rings (SSSR count). The highest BCUT2D eigenvalue weighted by Crippen LogP contribution is 2.23. The molecular formula is C9H18O3. The quantitative estimate of drug-likeness (QED) is 0.455. The largest absolute Gasteiger partial charge is 0.355 e. The average molecular weight is 174 g/mol. The normalized spacial score (nSPS) is 28.5. The summed E-state index contributed by atoms with van der Waals surface area (Å²) in [6, 6.07) is 0. The van der Waals surface area contributed by atoms with Crippen molar-refractivity contribution in [3.63, 3.8) is 0 Å².